The molecule has 0 saturated heterocycles. The highest BCUT2D eigenvalue weighted by Gasteiger charge is 2.04. The highest BCUT2D eigenvalue weighted by atomic mass is 127. The minimum atomic E-state index is 0.440. The average Bonchev–Trinajstić information content (AvgIpc) is 1.99. The lowest BCUT2D eigenvalue weighted by Gasteiger charge is -2.13. The van der Waals surface area contributed by atoms with Crippen molar-refractivity contribution in [3.63, 3.8) is 0 Å². The number of benzene rings is 1. The van der Waals surface area contributed by atoms with Gasteiger partial charge in [-0.15, -0.1) is 0 Å². The van der Waals surface area contributed by atoms with Gasteiger partial charge in [0.15, 0.2) is 0 Å². The van der Waals surface area contributed by atoms with E-state index in [9.17, 15) is 0 Å². The fraction of sp³-hybridized carbons (Fsp3) is 0.400. The Morgan fingerprint density at radius 3 is 2.54 bits per heavy atom. The molecule has 1 aromatic rings. The maximum Gasteiger partial charge on any atom is 0.0560 e. The fourth-order valence-corrected chi connectivity index (χ4v) is 1.90. The molecule has 1 N–H and O–H groups in total. The SMILES string of the molecule is Cc1cc(I)c(Cl)cc1NC(C)C. The molecule has 0 bridgehead atoms. The van der Waals surface area contributed by atoms with E-state index in [1.165, 1.54) is 5.56 Å². The van der Waals surface area contributed by atoms with E-state index in [2.05, 4.69) is 54.7 Å². The van der Waals surface area contributed by atoms with Crippen molar-refractivity contribution in [3.8, 4) is 0 Å². The lowest BCUT2D eigenvalue weighted by atomic mass is 10.2. The molecule has 13 heavy (non-hydrogen) atoms. The van der Waals surface area contributed by atoms with Crippen molar-refractivity contribution in [2.24, 2.45) is 0 Å². The van der Waals surface area contributed by atoms with Crippen LogP contribution in [0.3, 0.4) is 0 Å². The van der Waals surface area contributed by atoms with Crippen LogP contribution in [0.5, 0.6) is 0 Å². The topological polar surface area (TPSA) is 12.0 Å². The third-order valence-electron chi connectivity index (χ3n) is 1.71. The first-order valence-corrected chi connectivity index (χ1v) is 5.68. The first kappa shape index (κ1) is 11.1. The normalized spacial score (nSPS) is 10.6. The van der Waals surface area contributed by atoms with Crippen molar-refractivity contribution in [3.05, 3.63) is 26.3 Å². The van der Waals surface area contributed by atoms with Crippen LogP contribution in [0.25, 0.3) is 0 Å². The first-order valence-electron chi connectivity index (χ1n) is 4.23. The number of aryl methyl sites for hydroxylation is 1. The van der Waals surface area contributed by atoms with Crippen LogP contribution in [-0.2, 0) is 0 Å². The second-order valence-electron chi connectivity index (χ2n) is 3.38. The number of hydrogen-bond acceptors (Lipinski definition) is 1. The van der Waals surface area contributed by atoms with Gasteiger partial charge in [-0.25, -0.2) is 0 Å². The number of rotatable bonds is 2. The number of hydrogen-bond donors (Lipinski definition) is 1. The molecular formula is C10H13ClIN. The van der Waals surface area contributed by atoms with Gasteiger partial charge in [-0.1, -0.05) is 11.6 Å². The van der Waals surface area contributed by atoms with Crippen molar-refractivity contribution in [2.75, 3.05) is 5.32 Å². The molecule has 0 aliphatic rings. The van der Waals surface area contributed by atoms with Gasteiger partial charge in [0, 0.05) is 15.3 Å². The van der Waals surface area contributed by atoms with Gasteiger partial charge in [0.2, 0.25) is 0 Å². The molecule has 0 atom stereocenters. The predicted octanol–water partition coefficient (Wildman–Crippen LogP) is 4.07. The molecule has 0 aromatic heterocycles. The average molecular weight is 310 g/mol. The summed E-state index contributed by atoms with van der Waals surface area (Å²) in [5, 5.41) is 4.17. The van der Waals surface area contributed by atoms with E-state index in [1.54, 1.807) is 0 Å². The van der Waals surface area contributed by atoms with Crippen LogP contribution in [-0.4, -0.2) is 6.04 Å². The zero-order chi connectivity index (χ0) is 10.0. The maximum absolute atomic E-state index is 6.02. The minimum absolute atomic E-state index is 0.440. The molecule has 0 radical (unpaired) electrons. The van der Waals surface area contributed by atoms with Crippen LogP contribution in [0.1, 0.15) is 19.4 Å². The van der Waals surface area contributed by atoms with E-state index in [-0.39, 0.29) is 0 Å². The molecule has 0 fully saturated rings. The second-order valence-corrected chi connectivity index (χ2v) is 4.95. The van der Waals surface area contributed by atoms with E-state index < -0.39 is 0 Å². The molecule has 1 aromatic carbocycles. The summed E-state index contributed by atoms with van der Waals surface area (Å²) in [6.45, 7) is 6.32. The van der Waals surface area contributed by atoms with Crippen molar-refractivity contribution >= 4 is 39.9 Å². The summed E-state index contributed by atoms with van der Waals surface area (Å²) in [6, 6.07) is 4.52. The summed E-state index contributed by atoms with van der Waals surface area (Å²) >= 11 is 8.26. The molecular weight excluding hydrogens is 296 g/mol. The summed E-state index contributed by atoms with van der Waals surface area (Å²) < 4.78 is 1.10. The van der Waals surface area contributed by atoms with E-state index in [4.69, 9.17) is 11.6 Å². The molecule has 0 aliphatic heterocycles. The van der Waals surface area contributed by atoms with Gasteiger partial charge in [-0.05, 0) is 61.1 Å². The summed E-state index contributed by atoms with van der Waals surface area (Å²) in [5.41, 5.74) is 2.36. The quantitative estimate of drug-likeness (QED) is 0.812. The highest BCUT2D eigenvalue weighted by molar-refractivity contribution is 14.1. The second kappa shape index (κ2) is 4.51. The maximum atomic E-state index is 6.02. The molecule has 0 unspecified atom stereocenters. The van der Waals surface area contributed by atoms with Gasteiger partial charge < -0.3 is 5.32 Å². The summed E-state index contributed by atoms with van der Waals surface area (Å²) in [6.07, 6.45) is 0. The minimum Gasteiger partial charge on any atom is -0.383 e. The van der Waals surface area contributed by atoms with Gasteiger partial charge in [0.05, 0.1) is 5.02 Å². The van der Waals surface area contributed by atoms with Gasteiger partial charge in [0.1, 0.15) is 0 Å². The molecule has 0 spiro atoms. The molecule has 0 aliphatic carbocycles. The van der Waals surface area contributed by atoms with Gasteiger partial charge in [-0.3, -0.25) is 0 Å². The van der Waals surface area contributed by atoms with Crippen molar-refractivity contribution < 1.29 is 0 Å². The zero-order valence-electron chi connectivity index (χ0n) is 7.99. The molecule has 72 valence electrons. The predicted molar refractivity (Wildman–Crippen MR) is 67.7 cm³/mol. The fourth-order valence-electron chi connectivity index (χ4n) is 1.11. The van der Waals surface area contributed by atoms with Crippen molar-refractivity contribution in [1.29, 1.82) is 0 Å². The van der Waals surface area contributed by atoms with Gasteiger partial charge in [-0.2, -0.15) is 0 Å². The van der Waals surface area contributed by atoms with E-state index in [0.29, 0.717) is 6.04 Å². The zero-order valence-corrected chi connectivity index (χ0v) is 10.9. The number of anilines is 1. The Balaban J connectivity index is 3.01. The molecule has 3 heteroatoms. The first-order chi connectivity index (χ1) is 6.00. The van der Waals surface area contributed by atoms with Crippen molar-refractivity contribution in [1.82, 2.24) is 0 Å². The van der Waals surface area contributed by atoms with Crippen LogP contribution < -0.4 is 5.32 Å². The third-order valence-corrected chi connectivity index (χ3v) is 3.24. The van der Waals surface area contributed by atoms with Crippen molar-refractivity contribution in [2.45, 2.75) is 26.8 Å². The van der Waals surface area contributed by atoms with Crippen LogP contribution in [0.15, 0.2) is 12.1 Å². The van der Waals surface area contributed by atoms with Crippen LogP contribution in [0.2, 0.25) is 5.02 Å². The summed E-state index contributed by atoms with van der Waals surface area (Å²) in [5.74, 6) is 0. The monoisotopic (exact) mass is 309 g/mol. The Hall–Kier alpha value is 0.0400. The third kappa shape index (κ3) is 3.02. The lowest BCUT2D eigenvalue weighted by Crippen LogP contribution is -2.10. The number of nitrogens with one attached hydrogen (secondary N) is 1. The number of halogens is 2. The summed E-state index contributed by atoms with van der Waals surface area (Å²) in [7, 11) is 0. The molecule has 0 heterocycles. The van der Waals surface area contributed by atoms with E-state index in [0.717, 1.165) is 14.3 Å². The smallest absolute Gasteiger partial charge is 0.0560 e. The van der Waals surface area contributed by atoms with E-state index >= 15 is 0 Å². The van der Waals surface area contributed by atoms with Crippen LogP contribution in [0, 0.1) is 10.5 Å². The molecule has 1 rings (SSSR count). The molecule has 0 saturated carbocycles. The summed E-state index contributed by atoms with van der Waals surface area (Å²) in [4.78, 5) is 0. The van der Waals surface area contributed by atoms with Crippen LogP contribution in [0.4, 0.5) is 5.69 Å². The van der Waals surface area contributed by atoms with Gasteiger partial charge >= 0.3 is 0 Å². The van der Waals surface area contributed by atoms with E-state index in [1.807, 2.05) is 6.07 Å². The largest absolute Gasteiger partial charge is 0.383 e. The Morgan fingerprint density at radius 2 is 2.00 bits per heavy atom. The van der Waals surface area contributed by atoms with Crippen LogP contribution >= 0.6 is 34.2 Å². The molecule has 1 nitrogen and oxygen atoms in total. The Bertz CT molecular complexity index is 310. The van der Waals surface area contributed by atoms with Gasteiger partial charge in [0.25, 0.3) is 0 Å². The lowest BCUT2D eigenvalue weighted by molar-refractivity contribution is 0.897. The standard InChI is InChI=1S/C10H13ClIN/c1-6(2)13-10-5-8(11)9(12)4-7(10)3/h4-6,13H,1-3H3. The Labute approximate surface area is 98.0 Å². The highest BCUT2D eigenvalue weighted by Crippen LogP contribution is 2.26. The Kier molecular flexibility index (Phi) is 3.86. The Morgan fingerprint density at radius 1 is 1.38 bits per heavy atom. The molecule has 0 amide bonds.